The number of hydrogen-bond acceptors (Lipinski definition) is 2. The van der Waals surface area contributed by atoms with Gasteiger partial charge >= 0.3 is 12.3 Å². The van der Waals surface area contributed by atoms with Crippen LogP contribution in [0.3, 0.4) is 0 Å². The van der Waals surface area contributed by atoms with Crippen molar-refractivity contribution >= 4 is 23.6 Å². The molecule has 0 unspecified atom stereocenters. The second kappa shape index (κ2) is 6.75. The number of carboxylic acid groups (broad SMARTS) is 1. The van der Waals surface area contributed by atoms with E-state index in [0.29, 0.717) is 16.1 Å². The average molecular weight is 343 g/mol. The highest BCUT2D eigenvalue weighted by molar-refractivity contribution is 6.31. The molecule has 0 aliphatic carbocycles. The summed E-state index contributed by atoms with van der Waals surface area (Å²) < 4.78 is 41.6. The summed E-state index contributed by atoms with van der Waals surface area (Å²) in [5.41, 5.74) is 0.877. The fourth-order valence-corrected chi connectivity index (χ4v) is 2.14. The lowest BCUT2D eigenvalue weighted by atomic mass is 9.98. The predicted octanol–water partition coefficient (Wildman–Crippen LogP) is 5.00. The molecule has 1 N–H and O–H groups in total. The molecule has 0 fully saturated rings. The van der Waals surface area contributed by atoms with E-state index in [1.807, 2.05) is 0 Å². The largest absolute Gasteiger partial charge is 0.573 e. The highest BCUT2D eigenvalue weighted by atomic mass is 35.5. The van der Waals surface area contributed by atoms with Crippen LogP contribution >= 0.6 is 11.6 Å². The number of carboxylic acids is 1. The predicted molar refractivity (Wildman–Crippen MR) is 80.2 cm³/mol. The summed E-state index contributed by atoms with van der Waals surface area (Å²) in [6.07, 6.45) is -2.68. The van der Waals surface area contributed by atoms with E-state index in [-0.39, 0.29) is 5.56 Å². The molecule has 0 amide bonds. The molecule has 2 aromatic rings. The van der Waals surface area contributed by atoms with E-state index in [1.54, 1.807) is 6.07 Å². The van der Waals surface area contributed by atoms with Crippen LogP contribution in [0.25, 0.3) is 17.2 Å². The van der Waals surface area contributed by atoms with Crippen LogP contribution in [0.1, 0.15) is 5.56 Å². The van der Waals surface area contributed by atoms with Crippen molar-refractivity contribution < 1.29 is 27.8 Å². The van der Waals surface area contributed by atoms with Crippen LogP contribution in [-0.2, 0) is 4.79 Å². The lowest BCUT2D eigenvalue weighted by Gasteiger charge is -2.15. The second-order valence-electron chi connectivity index (χ2n) is 4.45. The van der Waals surface area contributed by atoms with Crippen molar-refractivity contribution in [3.8, 4) is 16.9 Å². The molecule has 0 aliphatic rings. The maximum Gasteiger partial charge on any atom is 0.573 e. The lowest BCUT2D eigenvalue weighted by Crippen LogP contribution is -2.17. The van der Waals surface area contributed by atoms with Crippen molar-refractivity contribution in [1.82, 2.24) is 0 Å². The Labute approximate surface area is 134 Å². The van der Waals surface area contributed by atoms with Gasteiger partial charge in [-0.15, -0.1) is 13.2 Å². The lowest BCUT2D eigenvalue weighted by molar-refractivity contribution is -0.274. The number of ether oxygens (including phenoxy) is 1. The van der Waals surface area contributed by atoms with Gasteiger partial charge in [0.2, 0.25) is 0 Å². The van der Waals surface area contributed by atoms with Crippen molar-refractivity contribution in [1.29, 1.82) is 0 Å². The Morgan fingerprint density at radius 1 is 1.13 bits per heavy atom. The molecular formula is C16H10ClF3O3. The molecule has 0 heterocycles. The maximum atomic E-state index is 12.5. The Hall–Kier alpha value is -2.47. The van der Waals surface area contributed by atoms with E-state index >= 15 is 0 Å². The summed E-state index contributed by atoms with van der Waals surface area (Å²) in [6, 6.07) is 10.0. The molecule has 2 aromatic carbocycles. The fourth-order valence-electron chi connectivity index (χ4n) is 1.97. The third kappa shape index (κ3) is 4.75. The Morgan fingerprint density at radius 3 is 2.48 bits per heavy atom. The van der Waals surface area contributed by atoms with Crippen molar-refractivity contribution in [3.63, 3.8) is 0 Å². The normalized spacial score (nSPS) is 11.7. The molecule has 2 rings (SSSR count). The SMILES string of the molecule is O=C(O)/C=C\c1ccc(Cl)cc1-c1ccccc1OC(F)(F)F. The van der Waals surface area contributed by atoms with E-state index < -0.39 is 18.1 Å². The number of para-hydroxylation sites is 1. The Kier molecular flexibility index (Phi) is 4.95. The van der Waals surface area contributed by atoms with Crippen molar-refractivity contribution in [2.24, 2.45) is 0 Å². The van der Waals surface area contributed by atoms with Gasteiger partial charge < -0.3 is 9.84 Å². The maximum absolute atomic E-state index is 12.5. The highest BCUT2D eigenvalue weighted by Gasteiger charge is 2.32. The van der Waals surface area contributed by atoms with Gasteiger partial charge in [-0.3, -0.25) is 0 Å². The van der Waals surface area contributed by atoms with Crippen LogP contribution < -0.4 is 4.74 Å². The van der Waals surface area contributed by atoms with E-state index in [4.69, 9.17) is 16.7 Å². The molecule has 0 atom stereocenters. The van der Waals surface area contributed by atoms with Gasteiger partial charge in [0.25, 0.3) is 0 Å². The second-order valence-corrected chi connectivity index (χ2v) is 4.88. The smallest absolute Gasteiger partial charge is 0.478 e. The van der Waals surface area contributed by atoms with Gasteiger partial charge in [0, 0.05) is 16.7 Å². The zero-order chi connectivity index (χ0) is 17.0. The van der Waals surface area contributed by atoms with Gasteiger partial charge in [0.05, 0.1) is 0 Å². The topological polar surface area (TPSA) is 46.5 Å². The number of aliphatic carboxylic acids is 1. The van der Waals surface area contributed by atoms with E-state index in [2.05, 4.69) is 4.74 Å². The van der Waals surface area contributed by atoms with Gasteiger partial charge in [-0.25, -0.2) is 4.79 Å². The molecule has 0 saturated heterocycles. The number of carbonyl (C=O) groups is 1. The molecule has 0 saturated carbocycles. The fraction of sp³-hybridized carbons (Fsp3) is 0.0625. The Morgan fingerprint density at radius 2 is 1.83 bits per heavy atom. The van der Waals surface area contributed by atoms with Crippen LogP contribution in [0.2, 0.25) is 5.02 Å². The first kappa shape index (κ1) is 16.9. The zero-order valence-corrected chi connectivity index (χ0v) is 12.2. The molecule has 23 heavy (non-hydrogen) atoms. The van der Waals surface area contributed by atoms with Crippen LogP contribution in [0.15, 0.2) is 48.5 Å². The Balaban J connectivity index is 2.58. The van der Waals surface area contributed by atoms with Crippen molar-refractivity contribution in [2.75, 3.05) is 0 Å². The first-order chi connectivity index (χ1) is 10.8. The van der Waals surface area contributed by atoms with E-state index in [9.17, 15) is 18.0 Å². The highest BCUT2D eigenvalue weighted by Crippen LogP contribution is 2.37. The van der Waals surface area contributed by atoms with Gasteiger partial charge in [-0.05, 0) is 35.4 Å². The summed E-state index contributed by atoms with van der Waals surface area (Å²) in [5, 5.41) is 9.01. The molecule has 0 bridgehead atoms. The minimum absolute atomic E-state index is 0.150. The number of alkyl halides is 3. The van der Waals surface area contributed by atoms with Gasteiger partial charge in [0.15, 0.2) is 0 Å². The first-order valence-electron chi connectivity index (χ1n) is 6.32. The molecular weight excluding hydrogens is 333 g/mol. The van der Waals surface area contributed by atoms with Crippen molar-refractivity contribution in [2.45, 2.75) is 6.36 Å². The van der Waals surface area contributed by atoms with Gasteiger partial charge in [-0.2, -0.15) is 0 Å². The third-order valence-corrected chi connectivity index (χ3v) is 3.06. The molecule has 0 aromatic heterocycles. The van der Waals surface area contributed by atoms with Crippen LogP contribution in [0.5, 0.6) is 5.75 Å². The quantitative estimate of drug-likeness (QED) is 0.795. The summed E-state index contributed by atoms with van der Waals surface area (Å²) >= 11 is 5.91. The zero-order valence-electron chi connectivity index (χ0n) is 11.5. The molecule has 3 nitrogen and oxygen atoms in total. The van der Waals surface area contributed by atoms with Gasteiger partial charge in [-0.1, -0.05) is 35.9 Å². The number of halogens is 4. The number of rotatable bonds is 4. The van der Waals surface area contributed by atoms with Crippen LogP contribution in [0.4, 0.5) is 13.2 Å². The summed E-state index contributed by atoms with van der Waals surface area (Å²) in [5.74, 6) is -1.57. The standard InChI is InChI=1S/C16H10ClF3O3/c17-11-7-5-10(6-8-15(21)22)13(9-11)12-3-1-2-4-14(12)23-16(18,19)20/h1-9H,(H,21,22)/b8-6-. The minimum atomic E-state index is -4.84. The summed E-state index contributed by atoms with van der Waals surface area (Å²) in [6.45, 7) is 0. The molecule has 120 valence electrons. The van der Waals surface area contributed by atoms with Crippen molar-refractivity contribution in [3.05, 3.63) is 59.1 Å². The number of hydrogen-bond donors (Lipinski definition) is 1. The average Bonchev–Trinajstić information content (AvgIpc) is 2.44. The summed E-state index contributed by atoms with van der Waals surface area (Å²) in [4.78, 5) is 10.7. The Bertz CT molecular complexity index is 754. The first-order valence-corrected chi connectivity index (χ1v) is 6.70. The molecule has 7 heteroatoms. The summed E-state index contributed by atoms with van der Waals surface area (Å²) in [7, 11) is 0. The van der Waals surface area contributed by atoms with E-state index in [1.165, 1.54) is 42.5 Å². The van der Waals surface area contributed by atoms with Crippen LogP contribution in [0, 0.1) is 0 Å². The van der Waals surface area contributed by atoms with E-state index in [0.717, 1.165) is 6.08 Å². The molecule has 0 aliphatic heterocycles. The third-order valence-electron chi connectivity index (χ3n) is 2.82. The minimum Gasteiger partial charge on any atom is -0.478 e. The van der Waals surface area contributed by atoms with Crippen LogP contribution in [-0.4, -0.2) is 17.4 Å². The molecule has 0 radical (unpaired) electrons. The molecule has 0 spiro atoms. The van der Waals surface area contributed by atoms with Gasteiger partial charge in [0.1, 0.15) is 5.75 Å². The monoisotopic (exact) mass is 342 g/mol. The number of benzene rings is 2.